The van der Waals surface area contributed by atoms with Crippen molar-refractivity contribution in [2.75, 3.05) is 0 Å². The maximum absolute atomic E-state index is 11.2. The first-order valence-corrected chi connectivity index (χ1v) is 8.65. The van der Waals surface area contributed by atoms with Gasteiger partial charge in [-0.1, -0.05) is 35.3 Å². The number of hydrogen-bond acceptors (Lipinski definition) is 3. The van der Waals surface area contributed by atoms with E-state index in [4.69, 9.17) is 42.8 Å². The molecule has 1 aromatic carbocycles. The highest BCUT2D eigenvalue weighted by Gasteiger charge is 2.59. The van der Waals surface area contributed by atoms with E-state index >= 15 is 0 Å². The Balaban J connectivity index is 3.36. The molecule has 0 aromatic heterocycles. The molecule has 0 aliphatic carbocycles. The second kappa shape index (κ2) is 5.45. The van der Waals surface area contributed by atoms with Crippen LogP contribution in [-0.4, -0.2) is 29.8 Å². The normalized spacial score (nSPS) is 13.6. The van der Waals surface area contributed by atoms with Gasteiger partial charge in [0, 0.05) is 6.42 Å². The fourth-order valence-corrected chi connectivity index (χ4v) is 3.81. The number of hydrogen-bond donors (Lipinski definition) is 5. The summed E-state index contributed by atoms with van der Waals surface area (Å²) in [5.74, 6) is 0. The molecule has 19 heavy (non-hydrogen) atoms. The molecule has 5 N–H and O–H groups in total. The first-order chi connectivity index (χ1) is 8.40. The zero-order chi connectivity index (χ0) is 15.1. The predicted octanol–water partition coefficient (Wildman–Crippen LogP) is 1.54. The highest BCUT2D eigenvalue weighted by molar-refractivity contribution is 7.72. The SMILES string of the molecule is O=P(O)(O)C(O)(Cc1cccc(Cl)c1Cl)P(=O)(O)O. The largest absolute Gasteiger partial charge is 0.369 e. The van der Waals surface area contributed by atoms with Crippen LogP contribution in [0.15, 0.2) is 18.2 Å². The summed E-state index contributed by atoms with van der Waals surface area (Å²) in [7, 11) is -11.0. The molecule has 0 fully saturated rings. The van der Waals surface area contributed by atoms with Gasteiger partial charge in [0.05, 0.1) is 10.0 Å². The van der Waals surface area contributed by atoms with Crippen LogP contribution in [0.4, 0.5) is 0 Å². The van der Waals surface area contributed by atoms with Crippen LogP contribution in [0.1, 0.15) is 5.56 Å². The molecule has 0 amide bonds. The van der Waals surface area contributed by atoms with Crippen LogP contribution in [-0.2, 0) is 15.6 Å². The van der Waals surface area contributed by atoms with Crippen LogP contribution < -0.4 is 0 Å². The van der Waals surface area contributed by atoms with Crippen molar-refractivity contribution in [1.29, 1.82) is 0 Å². The van der Waals surface area contributed by atoms with Gasteiger partial charge in [0.2, 0.25) is 0 Å². The van der Waals surface area contributed by atoms with Gasteiger partial charge in [0.1, 0.15) is 0 Å². The summed E-state index contributed by atoms with van der Waals surface area (Å²) in [6, 6.07) is 3.98. The van der Waals surface area contributed by atoms with Crippen molar-refractivity contribution in [2.24, 2.45) is 0 Å². The highest BCUT2D eigenvalue weighted by atomic mass is 35.5. The van der Waals surface area contributed by atoms with Crippen LogP contribution in [0.3, 0.4) is 0 Å². The lowest BCUT2D eigenvalue weighted by atomic mass is 10.1. The molecule has 0 aliphatic rings. The third-order valence-electron chi connectivity index (χ3n) is 2.39. The van der Waals surface area contributed by atoms with Gasteiger partial charge in [-0.25, -0.2) is 0 Å². The number of halogens is 2. The minimum absolute atomic E-state index is 0.0259. The van der Waals surface area contributed by atoms with Gasteiger partial charge in [-0.2, -0.15) is 0 Å². The minimum Gasteiger partial charge on any atom is -0.367 e. The molecule has 0 aliphatic heterocycles. The lowest BCUT2D eigenvalue weighted by Gasteiger charge is -2.29. The summed E-state index contributed by atoms with van der Waals surface area (Å²) in [6.07, 6.45) is -1.04. The van der Waals surface area contributed by atoms with Crippen molar-refractivity contribution >= 4 is 38.4 Å². The molecule has 108 valence electrons. The van der Waals surface area contributed by atoms with Crippen molar-refractivity contribution in [3.63, 3.8) is 0 Å². The predicted molar refractivity (Wildman–Crippen MR) is 69.2 cm³/mol. The minimum atomic E-state index is -5.52. The molecule has 0 saturated carbocycles. The van der Waals surface area contributed by atoms with Gasteiger partial charge in [-0.15, -0.1) is 0 Å². The van der Waals surface area contributed by atoms with Gasteiger partial charge in [-0.3, -0.25) is 9.13 Å². The molecule has 0 radical (unpaired) electrons. The zero-order valence-corrected chi connectivity index (χ0v) is 12.4. The number of rotatable bonds is 4. The molecule has 0 heterocycles. The Bertz CT molecular complexity index is 556. The van der Waals surface area contributed by atoms with E-state index in [2.05, 4.69) is 0 Å². The molecule has 7 nitrogen and oxygen atoms in total. The lowest BCUT2D eigenvalue weighted by Crippen LogP contribution is -2.31. The van der Waals surface area contributed by atoms with Gasteiger partial charge >= 0.3 is 15.2 Å². The highest BCUT2D eigenvalue weighted by Crippen LogP contribution is 2.68. The Morgan fingerprint density at radius 2 is 1.53 bits per heavy atom. The molecule has 0 spiro atoms. The molecule has 0 saturated heterocycles. The fourth-order valence-electron chi connectivity index (χ4n) is 1.32. The first-order valence-electron chi connectivity index (χ1n) is 4.67. The maximum Gasteiger partial charge on any atom is 0.369 e. The third kappa shape index (κ3) is 3.39. The van der Waals surface area contributed by atoms with Crippen LogP contribution in [0.25, 0.3) is 0 Å². The smallest absolute Gasteiger partial charge is 0.367 e. The van der Waals surface area contributed by atoms with Crippen molar-refractivity contribution in [1.82, 2.24) is 0 Å². The van der Waals surface area contributed by atoms with E-state index in [1.807, 2.05) is 0 Å². The van der Waals surface area contributed by atoms with E-state index in [-0.39, 0.29) is 15.6 Å². The van der Waals surface area contributed by atoms with Crippen LogP contribution in [0.2, 0.25) is 10.0 Å². The average molecular weight is 351 g/mol. The van der Waals surface area contributed by atoms with Gasteiger partial charge in [-0.05, 0) is 11.6 Å². The zero-order valence-electron chi connectivity index (χ0n) is 9.14. The fraction of sp³-hybridized carbons (Fsp3) is 0.250. The van der Waals surface area contributed by atoms with Crippen molar-refractivity contribution in [3.8, 4) is 0 Å². The second-order valence-corrected chi connectivity index (χ2v) is 8.55. The summed E-state index contributed by atoms with van der Waals surface area (Å²) < 4.78 is 22.4. The first kappa shape index (κ1) is 17.1. The Kier molecular flexibility index (Phi) is 4.91. The van der Waals surface area contributed by atoms with E-state index in [0.29, 0.717) is 0 Å². The van der Waals surface area contributed by atoms with Crippen LogP contribution >= 0.6 is 38.4 Å². The quantitative estimate of drug-likeness (QED) is 0.519. The van der Waals surface area contributed by atoms with Crippen LogP contribution in [0, 0.1) is 0 Å². The van der Waals surface area contributed by atoms with Crippen molar-refractivity contribution in [2.45, 2.75) is 11.5 Å². The lowest BCUT2D eigenvalue weighted by molar-refractivity contribution is 0.131. The van der Waals surface area contributed by atoms with Crippen molar-refractivity contribution in [3.05, 3.63) is 33.8 Å². The summed E-state index contributed by atoms with van der Waals surface area (Å²) >= 11 is 11.4. The summed E-state index contributed by atoms with van der Waals surface area (Å²) in [5, 5.41) is 6.06. The Morgan fingerprint density at radius 1 is 1.05 bits per heavy atom. The standard InChI is InChI=1S/C8H10Cl2O7P2/c9-6-3-1-2-5(7(6)10)4-8(11,18(12,13)14)19(15,16)17/h1-3,11H,4H2,(H2,12,13,14)(H2,15,16,17). The van der Waals surface area contributed by atoms with E-state index < -0.39 is 26.7 Å². The molecule has 1 aromatic rings. The number of aliphatic hydroxyl groups is 1. The molecule has 0 bridgehead atoms. The van der Waals surface area contributed by atoms with Gasteiger partial charge < -0.3 is 24.7 Å². The number of benzene rings is 1. The Hall–Kier alpha value is 0.0600. The molecule has 0 atom stereocenters. The maximum atomic E-state index is 11.2. The summed E-state index contributed by atoms with van der Waals surface area (Å²) in [5.41, 5.74) is -0.0942. The Morgan fingerprint density at radius 3 is 1.95 bits per heavy atom. The molecule has 11 heteroatoms. The average Bonchev–Trinajstić information content (AvgIpc) is 2.21. The van der Waals surface area contributed by atoms with Crippen LogP contribution in [0.5, 0.6) is 0 Å². The van der Waals surface area contributed by atoms with Crippen molar-refractivity contribution < 1.29 is 33.8 Å². The van der Waals surface area contributed by atoms with E-state index in [1.54, 1.807) is 0 Å². The van der Waals surface area contributed by atoms with Gasteiger partial charge in [0.15, 0.2) is 0 Å². The molecular weight excluding hydrogens is 341 g/mol. The summed E-state index contributed by atoms with van der Waals surface area (Å²) in [4.78, 5) is 35.9. The summed E-state index contributed by atoms with van der Waals surface area (Å²) in [6.45, 7) is 0. The second-order valence-electron chi connectivity index (χ2n) is 3.75. The van der Waals surface area contributed by atoms with E-state index in [1.165, 1.54) is 18.2 Å². The van der Waals surface area contributed by atoms with E-state index in [9.17, 15) is 14.2 Å². The third-order valence-corrected chi connectivity index (χ3v) is 7.00. The van der Waals surface area contributed by atoms with Gasteiger partial charge in [0.25, 0.3) is 5.08 Å². The molecular formula is C8H10Cl2O7P2. The monoisotopic (exact) mass is 350 g/mol. The molecule has 1 rings (SSSR count). The topological polar surface area (TPSA) is 135 Å². The Labute approximate surface area is 118 Å². The van der Waals surface area contributed by atoms with E-state index in [0.717, 1.165) is 0 Å². The molecule has 0 unspecified atom stereocenters.